The van der Waals surface area contributed by atoms with E-state index in [1.165, 1.54) is 7.11 Å². The molecule has 0 aromatic heterocycles. The van der Waals surface area contributed by atoms with Crippen LogP contribution in [0.25, 0.3) is 0 Å². The van der Waals surface area contributed by atoms with Gasteiger partial charge in [0.2, 0.25) is 0 Å². The standard InChI is InChI=1S/C7H11NO3/c1-11-7(10)8-4-5-2-3-6(5)9/h2-3,5-6,9H,4H2,1H3,(H,8,10). The van der Waals surface area contributed by atoms with Gasteiger partial charge in [-0.3, -0.25) is 0 Å². The van der Waals surface area contributed by atoms with Crippen molar-refractivity contribution in [3.05, 3.63) is 12.2 Å². The van der Waals surface area contributed by atoms with Gasteiger partial charge in [0.05, 0.1) is 13.2 Å². The Hall–Kier alpha value is -1.03. The highest BCUT2D eigenvalue weighted by Crippen LogP contribution is 2.15. The van der Waals surface area contributed by atoms with E-state index in [-0.39, 0.29) is 5.92 Å². The minimum Gasteiger partial charge on any atom is -0.453 e. The largest absolute Gasteiger partial charge is 0.453 e. The number of aliphatic hydroxyl groups is 1. The van der Waals surface area contributed by atoms with E-state index >= 15 is 0 Å². The molecule has 0 spiro atoms. The van der Waals surface area contributed by atoms with Gasteiger partial charge in [-0.2, -0.15) is 0 Å². The Kier molecular flexibility index (Phi) is 2.48. The molecule has 0 heterocycles. The number of carbonyl (C=O) groups is 1. The second-order valence-electron chi connectivity index (χ2n) is 2.41. The van der Waals surface area contributed by atoms with Crippen LogP contribution in [-0.2, 0) is 4.74 Å². The lowest BCUT2D eigenvalue weighted by molar-refractivity contribution is 0.143. The number of aliphatic hydroxyl groups excluding tert-OH is 1. The van der Waals surface area contributed by atoms with Crippen LogP contribution < -0.4 is 5.32 Å². The number of nitrogens with one attached hydrogen (secondary N) is 1. The predicted molar refractivity (Wildman–Crippen MR) is 39.0 cm³/mol. The summed E-state index contributed by atoms with van der Waals surface area (Å²) in [6.45, 7) is 0.435. The van der Waals surface area contributed by atoms with E-state index in [1.807, 2.05) is 6.08 Å². The van der Waals surface area contributed by atoms with Crippen LogP contribution in [-0.4, -0.2) is 31.0 Å². The topological polar surface area (TPSA) is 58.6 Å². The molecule has 0 aromatic rings. The Morgan fingerprint density at radius 2 is 2.45 bits per heavy atom. The van der Waals surface area contributed by atoms with E-state index in [4.69, 9.17) is 5.11 Å². The Labute approximate surface area is 64.9 Å². The quantitative estimate of drug-likeness (QED) is 0.550. The zero-order valence-electron chi connectivity index (χ0n) is 6.28. The molecule has 2 unspecified atom stereocenters. The maximum Gasteiger partial charge on any atom is 0.406 e. The van der Waals surface area contributed by atoms with E-state index in [1.54, 1.807) is 6.08 Å². The third-order valence-electron chi connectivity index (χ3n) is 1.66. The van der Waals surface area contributed by atoms with Gasteiger partial charge in [0, 0.05) is 12.5 Å². The second-order valence-corrected chi connectivity index (χ2v) is 2.41. The smallest absolute Gasteiger partial charge is 0.406 e. The molecule has 11 heavy (non-hydrogen) atoms. The molecular formula is C7H11NO3. The Morgan fingerprint density at radius 1 is 1.73 bits per heavy atom. The third kappa shape index (κ3) is 1.94. The van der Waals surface area contributed by atoms with Gasteiger partial charge in [-0.15, -0.1) is 0 Å². The predicted octanol–water partition coefficient (Wildman–Crippen LogP) is -0.111. The van der Waals surface area contributed by atoms with E-state index < -0.39 is 12.2 Å². The SMILES string of the molecule is COC(=O)NCC1C=CC1O. The highest BCUT2D eigenvalue weighted by molar-refractivity contribution is 5.66. The highest BCUT2D eigenvalue weighted by Gasteiger charge is 2.21. The zero-order chi connectivity index (χ0) is 8.27. The lowest BCUT2D eigenvalue weighted by atomic mass is 9.92. The van der Waals surface area contributed by atoms with Crippen LogP contribution in [0.2, 0.25) is 0 Å². The van der Waals surface area contributed by atoms with Gasteiger partial charge in [0.15, 0.2) is 0 Å². The molecule has 62 valence electrons. The number of carbonyl (C=O) groups excluding carboxylic acids is 1. The molecule has 4 nitrogen and oxygen atoms in total. The van der Waals surface area contributed by atoms with Crippen LogP contribution in [0.4, 0.5) is 4.79 Å². The number of hydrogen-bond donors (Lipinski definition) is 2. The van der Waals surface area contributed by atoms with Gasteiger partial charge in [-0.05, 0) is 0 Å². The number of ether oxygens (including phenoxy) is 1. The summed E-state index contributed by atoms with van der Waals surface area (Å²) in [5.41, 5.74) is 0. The molecule has 0 saturated heterocycles. The lowest BCUT2D eigenvalue weighted by Gasteiger charge is -2.24. The van der Waals surface area contributed by atoms with Crippen LogP contribution in [0.1, 0.15) is 0 Å². The average molecular weight is 157 g/mol. The molecule has 1 aliphatic carbocycles. The van der Waals surface area contributed by atoms with Gasteiger partial charge in [0.25, 0.3) is 0 Å². The highest BCUT2D eigenvalue weighted by atomic mass is 16.5. The fraction of sp³-hybridized carbons (Fsp3) is 0.571. The first-order valence-electron chi connectivity index (χ1n) is 3.42. The summed E-state index contributed by atoms with van der Waals surface area (Å²) in [7, 11) is 1.31. The molecular weight excluding hydrogens is 146 g/mol. The van der Waals surface area contributed by atoms with Crippen molar-refractivity contribution in [2.45, 2.75) is 6.10 Å². The van der Waals surface area contributed by atoms with E-state index in [2.05, 4.69) is 10.1 Å². The first-order chi connectivity index (χ1) is 5.24. The number of alkyl carbamates (subject to hydrolysis) is 1. The van der Waals surface area contributed by atoms with Crippen molar-refractivity contribution in [3.8, 4) is 0 Å². The minimum atomic E-state index is -0.461. The fourth-order valence-electron chi connectivity index (χ4n) is 0.830. The number of methoxy groups -OCH3 is 1. The number of rotatable bonds is 2. The summed E-state index contributed by atoms with van der Waals surface area (Å²) < 4.78 is 4.35. The summed E-state index contributed by atoms with van der Waals surface area (Å²) in [5, 5.41) is 11.5. The molecule has 2 N–H and O–H groups in total. The maximum atomic E-state index is 10.5. The number of amides is 1. The van der Waals surface area contributed by atoms with Crippen LogP contribution in [0, 0.1) is 5.92 Å². The summed E-state index contributed by atoms with van der Waals surface area (Å²) in [5.74, 6) is 0.0501. The third-order valence-corrected chi connectivity index (χ3v) is 1.66. The first-order valence-corrected chi connectivity index (χ1v) is 3.42. The van der Waals surface area contributed by atoms with Crippen molar-refractivity contribution in [3.63, 3.8) is 0 Å². The van der Waals surface area contributed by atoms with E-state index in [9.17, 15) is 4.79 Å². The Bertz CT molecular complexity index is 179. The van der Waals surface area contributed by atoms with E-state index in [0.717, 1.165) is 0 Å². The summed E-state index contributed by atoms with van der Waals surface area (Å²) in [6, 6.07) is 0. The van der Waals surface area contributed by atoms with Gasteiger partial charge >= 0.3 is 6.09 Å². The minimum absolute atomic E-state index is 0.0501. The van der Waals surface area contributed by atoms with Crippen LogP contribution in [0.5, 0.6) is 0 Å². The molecule has 1 aliphatic rings. The summed E-state index contributed by atoms with van der Waals surface area (Å²) >= 11 is 0. The van der Waals surface area contributed by atoms with Crippen LogP contribution in [0.3, 0.4) is 0 Å². The van der Waals surface area contributed by atoms with Crippen molar-refractivity contribution in [1.82, 2.24) is 5.32 Å². The van der Waals surface area contributed by atoms with Gasteiger partial charge in [-0.25, -0.2) is 4.79 Å². The van der Waals surface area contributed by atoms with Crippen molar-refractivity contribution in [2.24, 2.45) is 5.92 Å². The van der Waals surface area contributed by atoms with Crippen molar-refractivity contribution in [2.75, 3.05) is 13.7 Å². The fourth-order valence-corrected chi connectivity index (χ4v) is 0.830. The second kappa shape index (κ2) is 3.39. The normalized spacial score (nSPS) is 27.5. The van der Waals surface area contributed by atoms with Crippen molar-refractivity contribution >= 4 is 6.09 Å². The van der Waals surface area contributed by atoms with Gasteiger partial charge in [0.1, 0.15) is 0 Å². The summed E-state index contributed by atoms with van der Waals surface area (Å²) in [4.78, 5) is 10.5. The van der Waals surface area contributed by atoms with Crippen molar-refractivity contribution in [1.29, 1.82) is 0 Å². The zero-order valence-corrected chi connectivity index (χ0v) is 6.28. The Morgan fingerprint density at radius 3 is 2.82 bits per heavy atom. The molecule has 1 rings (SSSR count). The number of hydrogen-bond acceptors (Lipinski definition) is 3. The molecule has 2 atom stereocenters. The van der Waals surface area contributed by atoms with E-state index in [0.29, 0.717) is 6.54 Å². The average Bonchev–Trinajstić information content (AvgIpc) is 2.01. The molecule has 0 radical (unpaired) electrons. The van der Waals surface area contributed by atoms with Crippen molar-refractivity contribution < 1.29 is 14.6 Å². The molecule has 4 heteroatoms. The molecule has 0 bridgehead atoms. The molecule has 1 amide bonds. The molecule has 0 aliphatic heterocycles. The first kappa shape index (κ1) is 8.07. The van der Waals surface area contributed by atoms with Gasteiger partial charge in [-0.1, -0.05) is 12.2 Å². The maximum absolute atomic E-state index is 10.5. The molecule has 0 aromatic carbocycles. The van der Waals surface area contributed by atoms with Gasteiger partial charge < -0.3 is 15.2 Å². The monoisotopic (exact) mass is 157 g/mol. The molecule has 0 fully saturated rings. The Balaban J connectivity index is 2.13. The molecule has 0 saturated carbocycles. The van der Waals surface area contributed by atoms with Crippen LogP contribution in [0.15, 0.2) is 12.2 Å². The van der Waals surface area contributed by atoms with Crippen LogP contribution >= 0.6 is 0 Å². The lowest BCUT2D eigenvalue weighted by Crippen LogP contribution is -2.36. The summed E-state index contributed by atoms with van der Waals surface area (Å²) in [6.07, 6.45) is 2.66.